The van der Waals surface area contributed by atoms with Crippen LogP contribution in [0.1, 0.15) is 36.4 Å². The number of carbonyl (C=O) groups is 1. The molecule has 0 N–H and O–H groups in total. The van der Waals surface area contributed by atoms with Gasteiger partial charge in [-0.1, -0.05) is 18.9 Å². The Labute approximate surface area is 147 Å². The highest BCUT2D eigenvalue weighted by molar-refractivity contribution is 7.09. The summed E-state index contributed by atoms with van der Waals surface area (Å²) in [5, 5.41) is 2.07. The molecule has 0 aromatic carbocycles. The van der Waals surface area contributed by atoms with Gasteiger partial charge in [0.15, 0.2) is 0 Å². The van der Waals surface area contributed by atoms with Crippen LogP contribution in [0.3, 0.4) is 0 Å². The first-order chi connectivity index (χ1) is 11.7. The lowest BCUT2D eigenvalue weighted by molar-refractivity contribution is -0.135. The zero-order valence-corrected chi connectivity index (χ0v) is 14.9. The van der Waals surface area contributed by atoms with Crippen LogP contribution in [0.2, 0.25) is 0 Å². The second-order valence-electron chi connectivity index (χ2n) is 6.38. The van der Waals surface area contributed by atoms with Gasteiger partial charge in [0.25, 0.3) is 0 Å². The molecule has 0 atom stereocenters. The molecule has 6 heteroatoms. The predicted molar refractivity (Wildman–Crippen MR) is 95.5 cm³/mol. The van der Waals surface area contributed by atoms with Crippen molar-refractivity contribution in [2.75, 3.05) is 13.6 Å². The first kappa shape index (κ1) is 17.0. The highest BCUT2D eigenvalue weighted by atomic mass is 32.1. The zero-order chi connectivity index (χ0) is 16.8. The van der Waals surface area contributed by atoms with E-state index in [4.69, 9.17) is 0 Å². The van der Waals surface area contributed by atoms with Crippen molar-refractivity contribution in [3.63, 3.8) is 0 Å². The Hall–Kier alpha value is -1.79. The van der Waals surface area contributed by atoms with Gasteiger partial charge in [0.2, 0.25) is 5.91 Å². The van der Waals surface area contributed by atoms with Gasteiger partial charge in [0.1, 0.15) is 5.82 Å². The second-order valence-corrected chi connectivity index (χ2v) is 7.41. The SMILES string of the molecule is CN(CC(=O)N(Cc1cccs1)C1CCCC1)Cc1ncccn1. The Morgan fingerprint density at radius 2 is 1.96 bits per heavy atom. The standard InChI is InChI=1S/C18H24N4OS/c1-21(13-17-19-9-5-10-20-17)14-18(23)22(15-6-2-3-7-15)12-16-8-4-11-24-16/h4-5,8-11,15H,2-3,6-7,12-14H2,1H3. The van der Waals surface area contributed by atoms with Crippen LogP contribution in [-0.4, -0.2) is 45.3 Å². The number of nitrogens with zero attached hydrogens (tertiary/aromatic N) is 4. The molecule has 1 amide bonds. The minimum absolute atomic E-state index is 0.203. The van der Waals surface area contributed by atoms with Gasteiger partial charge in [-0.2, -0.15) is 0 Å². The fraction of sp³-hybridized carbons (Fsp3) is 0.500. The minimum Gasteiger partial charge on any atom is -0.333 e. The van der Waals surface area contributed by atoms with E-state index in [2.05, 4.69) is 32.4 Å². The van der Waals surface area contributed by atoms with Crippen molar-refractivity contribution in [1.82, 2.24) is 19.8 Å². The van der Waals surface area contributed by atoms with Crippen LogP contribution in [0, 0.1) is 0 Å². The van der Waals surface area contributed by atoms with Crippen LogP contribution < -0.4 is 0 Å². The smallest absolute Gasteiger partial charge is 0.237 e. The Kier molecular flexibility index (Phi) is 5.93. The van der Waals surface area contributed by atoms with E-state index in [0.29, 0.717) is 19.1 Å². The van der Waals surface area contributed by atoms with E-state index < -0.39 is 0 Å². The number of hydrogen-bond donors (Lipinski definition) is 0. The third-order valence-electron chi connectivity index (χ3n) is 4.43. The Morgan fingerprint density at radius 3 is 2.62 bits per heavy atom. The summed E-state index contributed by atoms with van der Waals surface area (Å²) in [6, 6.07) is 6.36. The Balaban J connectivity index is 1.62. The molecule has 1 aliphatic rings. The molecule has 0 spiro atoms. The van der Waals surface area contributed by atoms with E-state index in [1.165, 1.54) is 17.7 Å². The first-order valence-corrected chi connectivity index (χ1v) is 9.36. The van der Waals surface area contributed by atoms with E-state index >= 15 is 0 Å². The number of hydrogen-bond acceptors (Lipinski definition) is 5. The van der Waals surface area contributed by atoms with Gasteiger partial charge in [-0.15, -0.1) is 11.3 Å². The highest BCUT2D eigenvalue weighted by Gasteiger charge is 2.27. The van der Waals surface area contributed by atoms with E-state index in [9.17, 15) is 4.79 Å². The zero-order valence-electron chi connectivity index (χ0n) is 14.1. The summed E-state index contributed by atoms with van der Waals surface area (Å²) in [7, 11) is 1.95. The van der Waals surface area contributed by atoms with E-state index in [1.807, 2.05) is 11.9 Å². The third-order valence-corrected chi connectivity index (χ3v) is 5.29. The lowest BCUT2D eigenvalue weighted by Gasteiger charge is -2.30. The first-order valence-electron chi connectivity index (χ1n) is 8.48. The molecule has 2 aromatic heterocycles. The van der Waals surface area contributed by atoms with Crippen LogP contribution in [0.15, 0.2) is 36.0 Å². The Morgan fingerprint density at radius 1 is 1.21 bits per heavy atom. The largest absolute Gasteiger partial charge is 0.333 e. The molecule has 0 saturated heterocycles. The number of carbonyl (C=O) groups excluding carboxylic acids is 1. The van der Waals surface area contributed by atoms with Crippen molar-refractivity contribution in [3.05, 3.63) is 46.7 Å². The maximum Gasteiger partial charge on any atom is 0.237 e. The highest BCUT2D eigenvalue weighted by Crippen LogP contribution is 2.26. The van der Waals surface area contributed by atoms with Crippen molar-refractivity contribution >= 4 is 17.2 Å². The van der Waals surface area contributed by atoms with Gasteiger partial charge in [-0.3, -0.25) is 9.69 Å². The second kappa shape index (κ2) is 8.35. The van der Waals surface area contributed by atoms with Gasteiger partial charge >= 0.3 is 0 Å². The molecule has 1 fully saturated rings. The fourth-order valence-corrected chi connectivity index (χ4v) is 3.94. The van der Waals surface area contributed by atoms with Gasteiger partial charge in [-0.25, -0.2) is 9.97 Å². The van der Waals surface area contributed by atoms with E-state index in [-0.39, 0.29) is 5.91 Å². The number of amides is 1. The molecule has 1 aliphatic carbocycles. The number of aromatic nitrogens is 2. The molecule has 128 valence electrons. The van der Waals surface area contributed by atoms with Gasteiger partial charge < -0.3 is 4.90 Å². The minimum atomic E-state index is 0.203. The van der Waals surface area contributed by atoms with Crippen LogP contribution in [0.25, 0.3) is 0 Å². The molecule has 0 aliphatic heterocycles. The molecular formula is C18H24N4OS. The lowest BCUT2D eigenvalue weighted by Crippen LogP contribution is -2.43. The average Bonchev–Trinajstić information content (AvgIpc) is 3.27. The monoisotopic (exact) mass is 344 g/mol. The van der Waals surface area contributed by atoms with E-state index in [0.717, 1.165) is 25.2 Å². The van der Waals surface area contributed by atoms with Crippen molar-refractivity contribution in [1.29, 1.82) is 0 Å². The molecule has 1 saturated carbocycles. The Bertz CT molecular complexity index is 626. The van der Waals surface area contributed by atoms with Crippen LogP contribution in [0.4, 0.5) is 0 Å². The average molecular weight is 344 g/mol. The van der Waals surface area contributed by atoms with Crippen molar-refractivity contribution in [2.24, 2.45) is 0 Å². The summed E-state index contributed by atoms with van der Waals surface area (Å²) >= 11 is 1.72. The summed E-state index contributed by atoms with van der Waals surface area (Å²) in [5.74, 6) is 0.951. The van der Waals surface area contributed by atoms with Gasteiger partial charge in [0, 0.05) is 23.3 Å². The maximum absolute atomic E-state index is 12.9. The molecular weight excluding hydrogens is 320 g/mol. The van der Waals surface area contributed by atoms with Crippen molar-refractivity contribution in [3.8, 4) is 0 Å². The van der Waals surface area contributed by atoms with Gasteiger partial charge in [-0.05, 0) is 37.4 Å². The molecule has 2 heterocycles. The number of likely N-dealkylation sites (N-methyl/N-ethyl adjacent to an activating group) is 1. The summed E-state index contributed by atoms with van der Waals surface area (Å²) in [5.41, 5.74) is 0. The van der Waals surface area contributed by atoms with Crippen molar-refractivity contribution < 1.29 is 4.79 Å². The molecule has 2 aromatic rings. The predicted octanol–water partition coefficient (Wildman–Crippen LogP) is 2.94. The maximum atomic E-state index is 12.9. The summed E-state index contributed by atoms with van der Waals surface area (Å²) in [6.07, 6.45) is 8.18. The molecule has 0 radical (unpaired) electrons. The van der Waals surface area contributed by atoms with Crippen molar-refractivity contribution in [2.45, 2.75) is 44.8 Å². The molecule has 0 bridgehead atoms. The number of rotatable bonds is 7. The van der Waals surface area contributed by atoms with Crippen LogP contribution in [-0.2, 0) is 17.9 Å². The molecule has 3 rings (SSSR count). The lowest BCUT2D eigenvalue weighted by atomic mass is 10.2. The molecule has 24 heavy (non-hydrogen) atoms. The normalized spacial score (nSPS) is 15.1. The number of thiophene rings is 1. The van der Waals surface area contributed by atoms with E-state index in [1.54, 1.807) is 29.8 Å². The topological polar surface area (TPSA) is 49.3 Å². The summed E-state index contributed by atoms with van der Waals surface area (Å²) in [6.45, 7) is 1.72. The van der Waals surface area contributed by atoms with Crippen LogP contribution >= 0.6 is 11.3 Å². The fourth-order valence-electron chi connectivity index (χ4n) is 3.24. The summed E-state index contributed by atoms with van der Waals surface area (Å²) < 4.78 is 0. The van der Waals surface area contributed by atoms with Gasteiger partial charge in [0.05, 0.1) is 19.6 Å². The van der Waals surface area contributed by atoms with Crippen LogP contribution in [0.5, 0.6) is 0 Å². The quantitative estimate of drug-likeness (QED) is 0.775. The molecule has 0 unspecified atom stereocenters. The molecule has 5 nitrogen and oxygen atoms in total. The summed E-state index contributed by atoms with van der Waals surface area (Å²) in [4.78, 5) is 26.7. The third kappa shape index (κ3) is 4.61.